The van der Waals surface area contributed by atoms with E-state index in [4.69, 9.17) is 18.9 Å². The van der Waals surface area contributed by atoms with Gasteiger partial charge in [-0.2, -0.15) is 0 Å². The Labute approximate surface area is 301 Å². The van der Waals surface area contributed by atoms with Crippen molar-refractivity contribution >= 4 is 23.9 Å². The second-order valence-corrected chi connectivity index (χ2v) is 13.3. The molecule has 0 amide bonds. The topological polar surface area (TPSA) is 105 Å². The Balaban J connectivity index is 1.39. The highest BCUT2D eigenvalue weighted by Gasteiger charge is 2.19. The molecule has 4 aromatic rings. The highest BCUT2D eigenvalue weighted by molar-refractivity contribution is 5.94. The third kappa shape index (κ3) is 11.7. The van der Waals surface area contributed by atoms with Crippen molar-refractivity contribution < 1.29 is 38.1 Å². The molecule has 0 spiro atoms. The van der Waals surface area contributed by atoms with E-state index in [9.17, 15) is 19.2 Å². The minimum absolute atomic E-state index is 0.0132. The van der Waals surface area contributed by atoms with Gasteiger partial charge in [0.25, 0.3) is 0 Å². The lowest BCUT2D eigenvalue weighted by Crippen LogP contribution is -2.16. The summed E-state index contributed by atoms with van der Waals surface area (Å²) in [5.41, 5.74) is 4.52. The predicted octanol–water partition coefficient (Wildman–Crippen LogP) is 9.90. The number of unbranched alkanes of at least 4 members (excludes halogenated alkanes) is 1. The smallest absolute Gasteiger partial charge is 0.343 e. The van der Waals surface area contributed by atoms with Crippen molar-refractivity contribution in [2.24, 2.45) is 0 Å². The zero-order chi connectivity index (χ0) is 36.9. The number of hydrogen-bond acceptors (Lipinski definition) is 8. The molecule has 0 aliphatic rings. The molecule has 0 fully saturated rings. The van der Waals surface area contributed by atoms with Crippen molar-refractivity contribution in [3.8, 4) is 11.5 Å². The Bertz CT molecular complexity index is 1690. The molecule has 0 aliphatic heterocycles. The lowest BCUT2D eigenvalue weighted by molar-refractivity contribution is 0.0280. The van der Waals surface area contributed by atoms with E-state index in [1.807, 2.05) is 36.4 Å². The van der Waals surface area contributed by atoms with E-state index in [1.54, 1.807) is 43.3 Å². The first-order valence-electron chi connectivity index (χ1n) is 17.7. The second kappa shape index (κ2) is 18.7. The summed E-state index contributed by atoms with van der Waals surface area (Å²) < 4.78 is 22.4. The van der Waals surface area contributed by atoms with E-state index in [0.717, 1.165) is 30.4 Å². The van der Waals surface area contributed by atoms with E-state index >= 15 is 0 Å². The van der Waals surface area contributed by atoms with Gasteiger partial charge in [-0.05, 0) is 110 Å². The number of carbonyl (C=O) groups excluding carboxylic acids is 4. The molecule has 268 valence electrons. The van der Waals surface area contributed by atoms with Crippen molar-refractivity contribution in [1.29, 1.82) is 0 Å². The van der Waals surface area contributed by atoms with Crippen LogP contribution in [0.25, 0.3) is 0 Å². The molecule has 0 bridgehead atoms. The SMILES string of the molecule is CCCCc1ccc(C(=O)OC(C)CCCOC(=O)c2cc(OC(=O)c3ccc(C(C)C)cc3)cc(OC(=O)c3ccc(C(C)C)cc3)c2)cc1. The molecule has 51 heavy (non-hydrogen) atoms. The van der Waals surface area contributed by atoms with Gasteiger partial charge in [-0.15, -0.1) is 0 Å². The van der Waals surface area contributed by atoms with Crippen LogP contribution in [0.2, 0.25) is 0 Å². The maximum atomic E-state index is 13.2. The van der Waals surface area contributed by atoms with Gasteiger partial charge in [0.1, 0.15) is 11.5 Å². The van der Waals surface area contributed by atoms with Crippen LogP contribution in [0.3, 0.4) is 0 Å². The number of ether oxygens (including phenoxy) is 4. The van der Waals surface area contributed by atoms with Gasteiger partial charge in [0, 0.05) is 6.07 Å². The van der Waals surface area contributed by atoms with Crippen LogP contribution in [0.5, 0.6) is 11.5 Å². The number of aryl methyl sites for hydroxylation is 1. The summed E-state index contributed by atoms with van der Waals surface area (Å²) >= 11 is 0. The predicted molar refractivity (Wildman–Crippen MR) is 197 cm³/mol. The van der Waals surface area contributed by atoms with Crippen LogP contribution in [0, 0.1) is 0 Å². The molecule has 0 aliphatic carbocycles. The molecule has 4 aromatic carbocycles. The number of benzene rings is 4. The van der Waals surface area contributed by atoms with Crippen LogP contribution in [0.15, 0.2) is 91.0 Å². The van der Waals surface area contributed by atoms with Crippen LogP contribution < -0.4 is 9.47 Å². The number of carbonyl (C=O) groups is 4. The molecule has 0 saturated heterocycles. The average Bonchev–Trinajstić information content (AvgIpc) is 3.12. The molecule has 4 rings (SSSR count). The first kappa shape index (κ1) is 38.6. The Hall–Kier alpha value is -5.24. The zero-order valence-electron chi connectivity index (χ0n) is 30.4. The first-order valence-corrected chi connectivity index (χ1v) is 17.7. The van der Waals surface area contributed by atoms with E-state index in [-0.39, 0.29) is 23.7 Å². The molecule has 0 N–H and O–H groups in total. The van der Waals surface area contributed by atoms with Gasteiger partial charge in [-0.3, -0.25) is 0 Å². The molecule has 0 radical (unpaired) electrons. The fourth-order valence-corrected chi connectivity index (χ4v) is 5.26. The Morgan fingerprint density at radius 1 is 0.549 bits per heavy atom. The minimum atomic E-state index is -0.694. The number of rotatable bonds is 16. The standard InChI is InChI=1S/C43H48O8/c1-7-8-11-31-12-14-34(15-13-31)41(45)49-30(6)10-9-24-48-40(44)37-25-38(50-42(46)35-20-16-32(17-21-35)28(2)3)27-39(26-37)51-43(47)36-22-18-33(19-23-36)29(4)5/h12-23,25-30H,7-11,24H2,1-6H3. The van der Waals surface area contributed by atoms with Crippen molar-refractivity contribution in [3.05, 3.63) is 130 Å². The third-order valence-electron chi connectivity index (χ3n) is 8.47. The van der Waals surface area contributed by atoms with E-state index < -0.39 is 30.0 Å². The van der Waals surface area contributed by atoms with Gasteiger partial charge in [-0.25, -0.2) is 19.2 Å². The van der Waals surface area contributed by atoms with Gasteiger partial charge in [0.05, 0.1) is 35.0 Å². The first-order chi connectivity index (χ1) is 24.4. The molecule has 8 nitrogen and oxygen atoms in total. The normalized spacial score (nSPS) is 11.6. The highest BCUT2D eigenvalue weighted by atomic mass is 16.6. The van der Waals surface area contributed by atoms with Crippen molar-refractivity contribution in [2.45, 2.75) is 91.6 Å². The van der Waals surface area contributed by atoms with Crippen LogP contribution in [0.1, 0.15) is 137 Å². The van der Waals surface area contributed by atoms with Gasteiger partial charge in [0.15, 0.2) is 0 Å². The molecule has 1 unspecified atom stereocenters. The maximum absolute atomic E-state index is 13.2. The fraction of sp³-hybridized carbons (Fsp3) is 0.349. The van der Waals surface area contributed by atoms with Crippen molar-refractivity contribution in [1.82, 2.24) is 0 Å². The molecule has 1 atom stereocenters. The zero-order valence-corrected chi connectivity index (χ0v) is 30.4. The monoisotopic (exact) mass is 692 g/mol. The van der Waals surface area contributed by atoms with Crippen LogP contribution >= 0.6 is 0 Å². The molecule has 0 saturated carbocycles. The lowest BCUT2D eigenvalue weighted by atomic mass is 10.0. The summed E-state index contributed by atoms with van der Waals surface area (Å²) in [7, 11) is 0. The number of hydrogen-bond donors (Lipinski definition) is 0. The summed E-state index contributed by atoms with van der Waals surface area (Å²) in [5, 5.41) is 0. The summed E-state index contributed by atoms with van der Waals surface area (Å²) in [6.07, 6.45) is 3.69. The quantitative estimate of drug-likeness (QED) is 0.0649. The molecular weight excluding hydrogens is 644 g/mol. The van der Waals surface area contributed by atoms with Gasteiger partial charge >= 0.3 is 23.9 Å². The highest BCUT2D eigenvalue weighted by Crippen LogP contribution is 2.26. The second-order valence-electron chi connectivity index (χ2n) is 13.3. The van der Waals surface area contributed by atoms with Gasteiger partial charge in [-0.1, -0.05) is 77.4 Å². The molecular formula is C43H48O8. The van der Waals surface area contributed by atoms with Crippen LogP contribution in [-0.2, 0) is 15.9 Å². The lowest BCUT2D eigenvalue weighted by Gasteiger charge is -2.14. The van der Waals surface area contributed by atoms with Crippen LogP contribution in [0.4, 0.5) is 0 Å². The average molecular weight is 693 g/mol. The number of esters is 4. The molecule has 0 aromatic heterocycles. The summed E-state index contributed by atoms with van der Waals surface area (Å²) in [5.74, 6) is -1.73. The minimum Gasteiger partial charge on any atom is -0.462 e. The molecule has 8 heteroatoms. The maximum Gasteiger partial charge on any atom is 0.343 e. The fourth-order valence-electron chi connectivity index (χ4n) is 5.26. The van der Waals surface area contributed by atoms with E-state index in [1.165, 1.54) is 23.8 Å². The summed E-state index contributed by atoms with van der Waals surface area (Å²) in [6, 6.07) is 25.8. The van der Waals surface area contributed by atoms with E-state index in [0.29, 0.717) is 41.4 Å². The van der Waals surface area contributed by atoms with Gasteiger partial charge in [0.2, 0.25) is 0 Å². The third-order valence-corrected chi connectivity index (χ3v) is 8.47. The van der Waals surface area contributed by atoms with Crippen LogP contribution in [-0.4, -0.2) is 36.6 Å². The Morgan fingerprint density at radius 2 is 1.02 bits per heavy atom. The summed E-state index contributed by atoms with van der Waals surface area (Å²) in [4.78, 5) is 51.8. The largest absolute Gasteiger partial charge is 0.462 e. The van der Waals surface area contributed by atoms with Crippen molar-refractivity contribution in [3.63, 3.8) is 0 Å². The molecule has 0 heterocycles. The van der Waals surface area contributed by atoms with Gasteiger partial charge < -0.3 is 18.9 Å². The van der Waals surface area contributed by atoms with E-state index in [2.05, 4.69) is 34.6 Å². The van der Waals surface area contributed by atoms with Crippen molar-refractivity contribution in [2.75, 3.05) is 6.61 Å². The Morgan fingerprint density at radius 3 is 1.49 bits per heavy atom. The Kier molecular flexibility index (Phi) is 14.1. The summed E-state index contributed by atoms with van der Waals surface area (Å²) in [6.45, 7) is 12.2.